The van der Waals surface area contributed by atoms with Crippen LogP contribution < -0.4 is 14.2 Å². The molecule has 2 aliphatic rings. The first kappa shape index (κ1) is 19.1. The van der Waals surface area contributed by atoms with Crippen molar-refractivity contribution in [2.24, 2.45) is 0 Å². The Balaban J connectivity index is 1.52. The van der Waals surface area contributed by atoms with Gasteiger partial charge < -0.3 is 24.4 Å². The summed E-state index contributed by atoms with van der Waals surface area (Å²) in [6.45, 7) is 4.28. The van der Waals surface area contributed by atoms with E-state index in [0.29, 0.717) is 11.3 Å². The molecule has 3 aromatic carbocycles. The summed E-state index contributed by atoms with van der Waals surface area (Å²) in [4.78, 5) is 0. The molecule has 0 atom stereocenters. The second-order valence-electron chi connectivity index (χ2n) is 8.15. The van der Waals surface area contributed by atoms with Gasteiger partial charge in [-0.3, -0.25) is 0 Å². The van der Waals surface area contributed by atoms with Crippen molar-refractivity contribution in [2.45, 2.75) is 19.4 Å². The second kappa shape index (κ2) is 7.13. The van der Waals surface area contributed by atoms with Gasteiger partial charge in [-0.25, -0.2) is 0 Å². The number of hydrogen-bond acceptors (Lipinski definition) is 5. The lowest BCUT2D eigenvalue weighted by Crippen LogP contribution is -2.27. The zero-order valence-corrected chi connectivity index (χ0v) is 17.3. The van der Waals surface area contributed by atoms with Gasteiger partial charge in [-0.1, -0.05) is 18.2 Å². The molecule has 5 heteroatoms. The topological polar surface area (TPSA) is 68.2 Å². The van der Waals surface area contributed by atoms with E-state index in [1.165, 1.54) is 6.07 Å². The van der Waals surface area contributed by atoms with Crippen molar-refractivity contribution in [2.75, 3.05) is 6.61 Å². The molecule has 5 nitrogen and oxygen atoms in total. The molecule has 0 saturated heterocycles. The van der Waals surface area contributed by atoms with Crippen LogP contribution in [0.4, 0.5) is 0 Å². The van der Waals surface area contributed by atoms with E-state index >= 15 is 0 Å². The third-order valence-electron chi connectivity index (χ3n) is 5.31. The molecule has 0 aromatic heterocycles. The smallest absolute Gasteiger partial charge is 0.169 e. The van der Waals surface area contributed by atoms with Crippen molar-refractivity contribution in [1.82, 2.24) is 0 Å². The molecule has 31 heavy (non-hydrogen) atoms. The van der Waals surface area contributed by atoms with Crippen LogP contribution in [-0.4, -0.2) is 22.4 Å². The van der Waals surface area contributed by atoms with Crippen molar-refractivity contribution in [1.29, 1.82) is 0 Å². The Morgan fingerprint density at radius 1 is 0.968 bits per heavy atom. The number of hydrogen-bond donors (Lipinski definition) is 2. The number of ether oxygens (including phenoxy) is 3. The Kier molecular flexibility index (Phi) is 4.40. The van der Waals surface area contributed by atoms with Gasteiger partial charge in [0.05, 0.1) is 5.56 Å². The molecular formula is C26H22O5. The van der Waals surface area contributed by atoms with E-state index in [-0.39, 0.29) is 29.5 Å². The molecule has 0 radical (unpaired) electrons. The lowest BCUT2D eigenvalue weighted by molar-refractivity contribution is 0.158. The van der Waals surface area contributed by atoms with Crippen LogP contribution in [0, 0.1) is 0 Å². The highest BCUT2D eigenvalue weighted by Gasteiger charge is 2.27. The van der Waals surface area contributed by atoms with E-state index in [1.807, 2.05) is 62.4 Å². The zero-order valence-electron chi connectivity index (χ0n) is 17.3. The molecular weight excluding hydrogens is 392 g/mol. The molecule has 3 aromatic rings. The van der Waals surface area contributed by atoms with Gasteiger partial charge in [-0.15, -0.1) is 0 Å². The van der Waals surface area contributed by atoms with Gasteiger partial charge in [0.2, 0.25) is 0 Å². The third-order valence-corrected chi connectivity index (χ3v) is 5.31. The van der Waals surface area contributed by atoms with Crippen LogP contribution in [0.25, 0.3) is 17.7 Å². The van der Waals surface area contributed by atoms with E-state index in [9.17, 15) is 10.2 Å². The van der Waals surface area contributed by atoms with Crippen LogP contribution in [0.15, 0.2) is 60.7 Å². The van der Waals surface area contributed by atoms with Crippen molar-refractivity contribution < 1.29 is 24.4 Å². The number of rotatable bonds is 3. The van der Waals surface area contributed by atoms with E-state index in [0.717, 1.165) is 28.2 Å². The third kappa shape index (κ3) is 3.59. The van der Waals surface area contributed by atoms with Crippen LogP contribution >= 0.6 is 0 Å². The number of phenols is 2. The maximum Gasteiger partial charge on any atom is 0.169 e. The largest absolute Gasteiger partial charge is 0.507 e. The first-order valence-electron chi connectivity index (χ1n) is 10.1. The number of phenolic OH excluding ortho intramolecular Hbond substituents is 2. The van der Waals surface area contributed by atoms with Crippen LogP contribution in [0.3, 0.4) is 0 Å². The second-order valence-corrected chi connectivity index (χ2v) is 8.15. The minimum atomic E-state index is -0.357. The first-order valence-corrected chi connectivity index (χ1v) is 10.1. The lowest BCUT2D eigenvalue weighted by Gasteiger charge is -2.30. The zero-order chi connectivity index (χ0) is 21.6. The fourth-order valence-corrected chi connectivity index (χ4v) is 3.77. The summed E-state index contributed by atoms with van der Waals surface area (Å²) < 4.78 is 17.9. The Labute approximate surface area is 180 Å². The van der Waals surface area contributed by atoms with E-state index in [1.54, 1.807) is 18.2 Å². The van der Waals surface area contributed by atoms with Gasteiger partial charge in [-0.2, -0.15) is 0 Å². The maximum absolute atomic E-state index is 10.5. The van der Waals surface area contributed by atoms with Crippen LogP contribution in [0.2, 0.25) is 0 Å². The minimum Gasteiger partial charge on any atom is -0.507 e. The highest BCUT2D eigenvalue weighted by Crippen LogP contribution is 2.45. The Hall–Kier alpha value is -3.86. The fraction of sp³-hybridized carbons (Fsp3) is 0.154. The molecule has 0 unspecified atom stereocenters. The molecule has 2 N–H and O–H groups in total. The van der Waals surface area contributed by atoms with E-state index < -0.39 is 0 Å². The molecule has 0 amide bonds. The molecule has 0 fully saturated rings. The summed E-state index contributed by atoms with van der Waals surface area (Å²) in [7, 11) is 0. The van der Waals surface area contributed by atoms with Crippen molar-refractivity contribution in [3.63, 3.8) is 0 Å². The van der Waals surface area contributed by atoms with Crippen LogP contribution in [0.5, 0.6) is 34.5 Å². The van der Waals surface area contributed by atoms with Crippen molar-refractivity contribution >= 4 is 17.7 Å². The number of fused-ring (bicyclic) bond motifs is 3. The average molecular weight is 414 g/mol. The molecule has 0 aliphatic carbocycles. The molecule has 2 aliphatic heterocycles. The molecule has 2 heterocycles. The maximum atomic E-state index is 10.5. The summed E-state index contributed by atoms with van der Waals surface area (Å²) in [5.41, 5.74) is 2.77. The SMILES string of the molecule is CC1(C)C=Cc2c(ccc3c2OCC(c2cc(Oc4ccccc4)c(O)cc2O)=C3)O1. The lowest BCUT2D eigenvalue weighted by atomic mass is 9.95. The molecule has 0 spiro atoms. The van der Waals surface area contributed by atoms with Gasteiger partial charge in [0, 0.05) is 22.8 Å². The standard InChI is InChI=1S/C26H22O5/c1-26(2)11-10-19-23(31-26)9-8-16-12-17(15-29-25(16)19)20-13-24(22(28)14-21(20)27)30-18-6-4-3-5-7-18/h3-14,27-28H,15H2,1-2H3. The van der Waals surface area contributed by atoms with Crippen molar-refractivity contribution in [3.8, 4) is 34.5 Å². The van der Waals surface area contributed by atoms with Gasteiger partial charge in [0.25, 0.3) is 0 Å². The summed E-state index contributed by atoms with van der Waals surface area (Å²) in [5.74, 6) is 2.21. The first-order chi connectivity index (χ1) is 14.9. The predicted molar refractivity (Wildman–Crippen MR) is 120 cm³/mol. The Bertz CT molecular complexity index is 1220. The predicted octanol–water partition coefficient (Wildman–Crippen LogP) is 6.01. The van der Waals surface area contributed by atoms with Crippen LogP contribution in [-0.2, 0) is 0 Å². The summed E-state index contributed by atoms with van der Waals surface area (Å²) in [5, 5.41) is 20.7. The van der Waals surface area contributed by atoms with E-state index in [2.05, 4.69) is 0 Å². The highest BCUT2D eigenvalue weighted by molar-refractivity contribution is 5.90. The molecule has 156 valence electrons. The number of aromatic hydroxyl groups is 2. The average Bonchev–Trinajstić information content (AvgIpc) is 2.75. The Morgan fingerprint density at radius 2 is 1.77 bits per heavy atom. The van der Waals surface area contributed by atoms with E-state index in [4.69, 9.17) is 14.2 Å². The Morgan fingerprint density at radius 3 is 2.58 bits per heavy atom. The molecule has 0 saturated carbocycles. The molecule has 5 rings (SSSR count). The normalized spacial score (nSPS) is 15.7. The monoisotopic (exact) mass is 414 g/mol. The summed E-state index contributed by atoms with van der Waals surface area (Å²) >= 11 is 0. The quantitative estimate of drug-likeness (QED) is 0.550. The van der Waals surface area contributed by atoms with Gasteiger partial charge in [-0.05, 0) is 62.4 Å². The number of para-hydroxylation sites is 1. The van der Waals surface area contributed by atoms with Crippen molar-refractivity contribution in [3.05, 3.63) is 77.4 Å². The summed E-state index contributed by atoms with van der Waals surface area (Å²) in [6.07, 6.45) is 6.02. The van der Waals surface area contributed by atoms with Gasteiger partial charge >= 0.3 is 0 Å². The van der Waals surface area contributed by atoms with Crippen LogP contribution in [0.1, 0.15) is 30.5 Å². The minimum absolute atomic E-state index is 0.0425. The molecule has 0 bridgehead atoms. The fourth-order valence-electron chi connectivity index (χ4n) is 3.77. The van der Waals surface area contributed by atoms with Gasteiger partial charge in [0.15, 0.2) is 11.5 Å². The van der Waals surface area contributed by atoms with Gasteiger partial charge in [0.1, 0.15) is 35.2 Å². The number of benzene rings is 3. The summed E-state index contributed by atoms with van der Waals surface area (Å²) in [6, 6.07) is 16.0. The highest BCUT2D eigenvalue weighted by atomic mass is 16.5.